The number of aryl methyl sites for hydroxylation is 1. The minimum absolute atomic E-state index is 0.0193. The SMILES string of the molecule is CCSc1c(OC(F)(F)F)ccc(C(=O)Nc2nnc(C)o2)c1Cl. The average Bonchev–Trinajstić information content (AvgIpc) is 2.86. The van der Waals surface area contributed by atoms with Crippen molar-refractivity contribution in [3.05, 3.63) is 28.6 Å². The molecule has 0 aliphatic rings. The summed E-state index contributed by atoms with van der Waals surface area (Å²) in [5.41, 5.74) is -0.0435. The van der Waals surface area contributed by atoms with Crippen LogP contribution in [0.25, 0.3) is 0 Å². The second kappa shape index (κ2) is 7.31. The van der Waals surface area contributed by atoms with Crippen LogP contribution in [0.1, 0.15) is 23.2 Å². The predicted octanol–water partition coefficient (Wildman–Crippen LogP) is 4.29. The van der Waals surface area contributed by atoms with E-state index in [2.05, 4.69) is 20.3 Å². The molecule has 24 heavy (non-hydrogen) atoms. The first-order valence-corrected chi connectivity index (χ1v) is 7.90. The van der Waals surface area contributed by atoms with Crippen LogP contribution in [-0.2, 0) is 0 Å². The molecule has 0 radical (unpaired) electrons. The van der Waals surface area contributed by atoms with Gasteiger partial charge in [-0.05, 0) is 17.9 Å². The summed E-state index contributed by atoms with van der Waals surface area (Å²) in [5, 5.41) is 9.30. The Hall–Kier alpha value is -1.94. The summed E-state index contributed by atoms with van der Waals surface area (Å²) in [4.78, 5) is 12.2. The molecule has 2 aromatic rings. The number of hydrogen-bond acceptors (Lipinski definition) is 6. The number of hydrogen-bond donors (Lipinski definition) is 1. The number of nitrogens with one attached hydrogen (secondary N) is 1. The molecule has 1 aromatic heterocycles. The highest BCUT2D eigenvalue weighted by atomic mass is 35.5. The number of nitrogens with zero attached hydrogens (tertiary/aromatic N) is 2. The van der Waals surface area contributed by atoms with Gasteiger partial charge >= 0.3 is 12.4 Å². The van der Waals surface area contributed by atoms with Gasteiger partial charge in [-0.25, -0.2) is 0 Å². The first-order chi connectivity index (χ1) is 11.2. The Morgan fingerprint density at radius 1 is 1.42 bits per heavy atom. The van der Waals surface area contributed by atoms with Crippen LogP contribution in [-0.4, -0.2) is 28.2 Å². The number of carbonyl (C=O) groups is 1. The lowest BCUT2D eigenvalue weighted by atomic mass is 10.2. The smallest absolute Gasteiger partial charge is 0.408 e. The van der Waals surface area contributed by atoms with Gasteiger partial charge in [-0.3, -0.25) is 10.1 Å². The molecule has 1 amide bonds. The molecule has 0 unspecified atom stereocenters. The Kier molecular flexibility index (Phi) is 5.60. The zero-order chi connectivity index (χ0) is 17.9. The number of anilines is 1. The van der Waals surface area contributed by atoms with Gasteiger partial charge in [0.15, 0.2) is 0 Å². The maximum atomic E-state index is 12.5. The highest BCUT2D eigenvalue weighted by Gasteiger charge is 2.33. The summed E-state index contributed by atoms with van der Waals surface area (Å²) in [6, 6.07) is 2.02. The van der Waals surface area contributed by atoms with Crippen molar-refractivity contribution in [3.63, 3.8) is 0 Å². The van der Waals surface area contributed by atoms with Gasteiger partial charge in [0, 0.05) is 6.92 Å². The average molecular weight is 382 g/mol. The molecule has 1 aromatic carbocycles. The van der Waals surface area contributed by atoms with Crippen molar-refractivity contribution in [2.75, 3.05) is 11.1 Å². The second-order valence-electron chi connectivity index (χ2n) is 4.32. The highest BCUT2D eigenvalue weighted by Crippen LogP contribution is 2.40. The molecule has 0 saturated heterocycles. The first kappa shape index (κ1) is 18.4. The molecule has 0 aliphatic heterocycles. The molecule has 6 nitrogen and oxygen atoms in total. The molecule has 0 saturated carbocycles. The van der Waals surface area contributed by atoms with Crippen LogP contribution < -0.4 is 10.1 Å². The quantitative estimate of drug-likeness (QED) is 0.778. The Morgan fingerprint density at radius 2 is 2.12 bits per heavy atom. The fourth-order valence-corrected chi connectivity index (χ4v) is 2.89. The number of aromatic nitrogens is 2. The van der Waals surface area contributed by atoms with Gasteiger partial charge in [-0.1, -0.05) is 23.6 Å². The van der Waals surface area contributed by atoms with Crippen molar-refractivity contribution in [1.82, 2.24) is 10.2 Å². The van der Waals surface area contributed by atoms with Crippen molar-refractivity contribution in [3.8, 4) is 5.75 Å². The number of carbonyl (C=O) groups excluding carboxylic acids is 1. The number of halogens is 4. The zero-order valence-electron chi connectivity index (χ0n) is 12.4. The van der Waals surface area contributed by atoms with E-state index in [0.29, 0.717) is 5.75 Å². The number of alkyl halides is 3. The van der Waals surface area contributed by atoms with Crippen LogP contribution in [0.15, 0.2) is 21.4 Å². The summed E-state index contributed by atoms with van der Waals surface area (Å²) >= 11 is 7.12. The Bertz CT molecular complexity index is 752. The molecule has 0 aliphatic carbocycles. The molecule has 0 bridgehead atoms. The summed E-state index contributed by atoms with van der Waals surface area (Å²) in [6.07, 6.45) is -4.86. The third kappa shape index (κ3) is 4.54. The van der Waals surface area contributed by atoms with E-state index in [0.717, 1.165) is 23.9 Å². The van der Waals surface area contributed by atoms with Crippen molar-refractivity contribution in [2.24, 2.45) is 0 Å². The lowest BCUT2D eigenvalue weighted by molar-refractivity contribution is -0.275. The molecule has 130 valence electrons. The largest absolute Gasteiger partial charge is 0.573 e. The Labute approximate surface area is 143 Å². The van der Waals surface area contributed by atoms with Gasteiger partial charge in [0.25, 0.3) is 5.91 Å². The van der Waals surface area contributed by atoms with Crippen LogP contribution in [0.3, 0.4) is 0 Å². The van der Waals surface area contributed by atoms with E-state index in [-0.39, 0.29) is 27.4 Å². The van der Waals surface area contributed by atoms with Gasteiger partial charge in [0.05, 0.1) is 15.5 Å². The summed E-state index contributed by atoms with van der Waals surface area (Å²) in [7, 11) is 0. The normalized spacial score (nSPS) is 11.4. The molecule has 1 N–H and O–H groups in total. The van der Waals surface area contributed by atoms with E-state index in [1.165, 1.54) is 6.92 Å². The van der Waals surface area contributed by atoms with E-state index in [9.17, 15) is 18.0 Å². The lowest BCUT2D eigenvalue weighted by Gasteiger charge is -2.15. The molecule has 2 rings (SSSR count). The first-order valence-electron chi connectivity index (χ1n) is 6.53. The Balaban J connectivity index is 2.33. The van der Waals surface area contributed by atoms with E-state index in [1.54, 1.807) is 6.92 Å². The molecule has 0 spiro atoms. The maximum absolute atomic E-state index is 12.5. The van der Waals surface area contributed by atoms with Crippen LogP contribution in [0, 0.1) is 6.92 Å². The minimum Gasteiger partial charge on any atom is -0.408 e. The molecule has 0 fully saturated rings. The third-order valence-electron chi connectivity index (χ3n) is 2.57. The standard InChI is InChI=1S/C13H11ClF3N3O3S/c1-3-24-10-8(23-13(15,16)17)5-4-7(9(10)14)11(21)18-12-20-19-6(2)22-12/h4-5H,3H2,1-2H3,(H,18,20,21). The summed E-state index contributed by atoms with van der Waals surface area (Å²) in [6.45, 7) is 3.27. The number of benzene rings is 1. The van der Waals surface area contributed by atoms with E-state index in [1.807, 2.05) is 0 Å². The topological polar surface area (TPSA) is 77.2 Å². The van der Waals surface area contributed by atoms with Crippen molar-refractivity contribution >= 4 is 35.3 Å². The van der Waals surface area contributed by atoms with Gasteiger partial charge in [0.2, 0.25) is 5.89 Å². The molecular weight excluding hydrogens is 371 g/mol. The number of ether oxygens (including phenoxy) is 1. The van der Waals surface area contributed by atoms with Crippen molar-refractivity contribution in [2.45, 2.75) is 25.1 Å². The van der Waals surface area contributed by atoms with Gasteiger partial charge in [0.1, 0.15) is 5.75 Å². The van der Waals surface area contributed by atoms with Gasteiger partial charge in [-0.15, -0.1) is 30.0 Å². The van der Waals surface area contributed by atoms with Crippen LogP contribution in [0.4, 0.5) is 19.2 Å². The molecule has 0 atom stereocenters. The molecule has 11 heteroatoms. The van der Waals surface area contributed by atoms with Crippen LogP contribution in [0.5, 0.6) is 5.75 Å². The monoisotopic (exact) mass is 381 g/mol. The lowest BCUT2D eigenvalue weighted by Crippen LogP contribution is -2.18. The van der Waals surface area contributed by atoms with Gasteiger partial charge < -0.3 is 9.15 Å². The van der Waals surface area contributed by atoms with Crippen LogP contribution in [0.2, 0.25) is 5.02 Å². The van der Waals surface area contributed by atoms with Crippen LogP contribution >= 0.6 is 23.4 Å². The van der Waals surface area contributed by atoms with Crippen molar-refractivity contribution in [1.29, 1.82) is 0 Å². The maximum Gasteiger partial charge on any atom is 0.573 e. The molecular formula is C13H11ClF3N3O3S. The summed E-state index contributed by atoms with van der Waals surface area (Å²) < 4.78 is 46.3. The predicted molar refractivity (Wildman–Crippen MR) is 81.5 cm³/mol. The van der Waals surface area contributed by atoms with Crippen molar-refractivity contribution < 1.29 is 27.1 Å². The second-order valence-corrected chi connectivity index (χ2v) is 5.97. The summed E-state index contributed by atoms with van der Waals surface area (Å²) in [5.74, 6) is -0.487. The number of thioether (sulfide) groups is 1. The zero-order valence-corrected chi connectivity index (χ0v) is 14.0. The highest BCUT2D eigenvalue weighted by molar-refractivity contribution is 7.99. The Morgan fingerprint density at radius 3 is 2.67 bits per heavy atom. The third-order valence-corrected chi connectivity index (χ3v) is 4.05. The molecule has 1 heterocycles. The number of amides is 1. The van der Waals surface area contributed by atoms with E-state index < -0.39 is 18.0 Å². The van der Waals surface area contributed by atoms with Gasteiger partial charge in [-0.2, -0.15) is 0 Å². The fourth-order valence-electron chi connectivity index (χ4n) is 1.71. The van der Waals surface area contributed by atoms with E-state index in [4.69, 9.17) is 16.0 Å². The number of rotatable bonds is 5. The fraction of sp³-hybridized carbons (Fsp3) is 0.308. The minimum atomic E-state index is -4.86. The van der Waals surface area contributed by atoms with E-state index >= 15 is 0 Å².